The summed E-state index contributed by atoms with van der Waals surface area (Å²) in [4.78, 5) is 17.0. The van der Waals surface area contributed by atoms with Gasteiger partial charge in [-0.15, -0.1) is 0 Å². The Labute approximate surface area is 97.5 Å². The molecule has 0 spiro atoms. The molecule has 5 heteroatoms. The van der Waals surface area contributed by atoms with Gasteiger partial charge in [-0.2, -0.15) is 15.0 Å². The zero-order valence-electron chi connectivity index (χ0n) is 10.9. The molecule has 0 amide bonds. The molecule has 0 aliphatic carbocycles. The van der Waals surface area contributed by atoms with Gasteiger partial charge in [0.1, 0.15) is 5.82 Å². The van der Waals surface area contributed by atoms with E-state index in [2.05, 4.69) is 26.8 Å². The Balaban J connectivity index is 2.86. The molecule has 1 aromatic heterocycles. The maximum Gasteiger partial charge on any atom is 0.230 e. The summed E-state index contributed by atoms with van der Waals surface area (Å²) in [5.41, 5.74) is 0. The minimum Gasteiger partial charge on any atom is -0.347 e. The molecule has 0 radical (unpaired) electrons. The smallest absolute Gasteiger partial charge is 0.230 e. The summed E-state index contributed by atoms with van der Waals surface area (Å²) >= 11 is 0. The highest BCUT2D eigenvalue weighted by Gasteiger charge is 2.08. The molecule has 1 aromatic rings. The van der Waals surface area contributed by atoms with Crippen LogP contribution < -0.4 is 9.80 Å². The van der Waals surface area contributed by atoms with Gasteiger partial charge in [-0.25, -0.2) is 0 Å². The lowest BCUT2D eigenvalue weighted by Crippen LogP contribution is -2.23. The van der Waals surface area contributed by atoms with Crippen LogP contribution >= 0.6 is 0 Å². The molecule has 0 aromatic carbocycles. The second-order valence-electron chi connectivity index (χ2n) is 4.15. The molecule has 0 aliphatic heterocycles. The van der Waals surface area contributed by atoms with Crippen LogP contribution in [0.1, 0.15) is 25.6 Å². The minimum atomic E-state index is 0.714. The SMILES string of the molecule is CCCCN(C)c1nc(C)nc(N(C)C)n1. The van der Waals surface area contributed by atoms with Crippen LogP contribution in [-0.2, 0) is 0 Å². The Kier molecular flexibility index (Phi) is 4.46. The first-order chi connectivity index (χ1) is 7.54. The first-order valence-electron chi connectivity index (χ1n) is 5.65. The second kappa shape index (κ2) is 5.63. The summed E-state index contributed by atoms with van der Waals surface area (Å²) in [5, 5.41) is 0. The fraction of sp³-hybridized carbons (Fsp3) is 0.727. The molecule has 0 saturated carbocycles. The van der Waals surface area contributed by atoms with Crippen LogP contribution in [0.4, 0.5) is 11.9 Å². The zero-order chi connectivity index (χ0) is 12.1. The first kappa shape index (κ1) is 12.7. The number of rotatable bonds is 5. The maximum absolute atomic E-state index is 4.42. The van der Waals surface area contributed by atoms with Gasteiger partial charge >= 0.3 is 0 Å². The van der Waals surface area contributed by atoms with Gasteiger partial charge in [0.25, 0.3) is 0 Å². The lowest BCUT2D eigenvalue weighted by molar-refractivity contribution is 0.741. The van der Waals surface area contributed by atoms with E-state index in [1.54, 1.807) is 0 Å². The van der Waals surface area contributed by atoms with Crippen molar-refractivity contribution < 1.29 is 0 Å². The van der Waals surface area contributed by atoms with E-state index in [1.165, 1.54) is 6.42 Å². The number of hydrogen-bond acceptors (Lipinski definition) is 5. The van der Waals surface area contributed by atoms with Crippen molar-refractivity contribution in [2.75, 3.05) is 37.5 Å². The molecule has 0 bridgehead atoms. The average Bonchev–Trinajstić information content (AvgIpc) is 2.24. The summed E-state index contributed by atoms with van der Waals surface area (Å²) in [6, 6.07) is 0. The summed E-state index contributed by atoms with van der Waals surface area (Å²) in [5.74, 6) is 2.23. The summed E-state index contributed by atoms with van der Waals surface area (Å²) in [6.45, 7) is 5.05. The third kappa shape index (κ3) is 3.32. The molecule has 0 saturated heterocycles. The third-order valence-corrected chi connectivity index (χ3v) is 2.31. The highest BCUT2D eigenvalue weighted by atomic mass is 15.3. The molecular formula is C11H21N5. The van der Waals surface area contributed by atoms with E-state index < -0.39 is 0 Å². The molecule has 0 N–H and O–H groups in total. The van der Waals surface area contributed by atoms with Gasteiger partial charge in [0.05, 0.1) is 0 Å². The topological polar surface area (TPSA) is 45.2 Å². The maximum atomic E-state index is 4.42. The fourth-order valence-electron chi connectivity index (χ4n) is 1.32. The van der Waals surface area contributed by atoms with Crippen molar-refractivity contribution in [3.05, 3.63) is 5.82 Å². The monoisotopic (exact) mass is 223 g/mol. The highest BCUT2D eigenvalue weighted by Crippen LogP contribution is 2.11. The molecular weight excluding hydrogens is 202 g/mol. The van der Waals surface area contributed by atoms with E-state index in [0.29, 0.717) is 5.95 Å². The molecule has 1 heterocycles. The summed E-state index contributed by atoms with van der Waals surface area (Å²) in [6.07, 6.45) is 2.33. The molecule has 1 rings (SSSR count). The van der Waals surface area contributed by atoms with Gasteiger partial charge in [-0.05, 0) is 13.3 Å². The molecule has 0 unspecified atom stereocenters. The van der Waals surface area contributed by atoms with Crippen molar-refractivity contribution in [3.8, 4) is 0 Å². The fourth-order valence-corrected chi connectivity index (χ4v) is 1.32. The lowest BCUT2D eigenvalue weighted by Gasteiger charge is -2.19. The highest BCUT2D eigenvalue weighted by molar-refractivity contribution is 5.37. The van der Waals surface area contributed by atoms with Crippen molar-refractivity contribution in [1.82, 2.24) is 15.0 Å². The van der Waals surface area contributed by atoms with Crippen LogP contribution in [0, 0.1) is 6.92 Å². The van der Waals surface area contributed by atoms with Crippen LogP contribution in [0.5, 0.6) is 0 Å². The number of aryl methyl sites for hydroxylation is 1. The minimum absolute atomic E-state index is 0.714. The number of anilines is 2. The van der Waals surface area contributed by atoms with E-state index in [-0.39, 0.29) is 0 Å². The predicted octanol–water partition coefficient (Wildman–Crippen LogP) is 1.48. The normalized spacial score (nSPS) is 10.3. The Morgan fingerprint density at radius 3 is 2.19 bits per heavy atom. The molecule has 0 fully saturated rings. The standard InChI is InChI=1S/C11H21N5/c1-6-7-8-16(5)11-13-9(2)12-10(14-11)15(3)4/h6-8H2,1-5H3. The first-order valence-corrected chi connectivity index (χ1v) is 5.65. The Bertz CT molecular complexity index is 337. The number of aromatic nitrogens is 3. The number of unbranched alkanes of at least 4 members (excludes halogenated alkanes) is 1. The molecule has 16 heavy (non-hydrogen) atoms. The summed E-state index contributed by atoms with van der Waals surface area (Å²) in [7, 11) is 5.89. The van der Waals surface area contributed by atoms with Gasteiger partial charge in [0, 0.05) is 27.7 Å². The van der Waals surface area contributed by atoms with Gasteiger partial charge in [0.2, 0.25) is 11.9 Å². The van der Waals surface area contributed by atoms with E-state index in [1.807, 2.05) is 33.0 Å². The van der Waals surface area contributed by atoms with Crippen LogP contribution in [0.25, 0.3) is 0 Å². The van der Waals surface area contributed by atoms with Crippen LogP contribution in [-0.4, -0.2) is 42.6 Å². The van der Waals surface area contributed by atoms with E-state index in [9.17, 15) is 0 Å². The molecule has 5 nitrogen and oxygen atoms in total. The number of hydrogen-bond donors (Lipinski definition) is 0. The van der Waals surface area contributed by atoms with E-state index >= 15 is 0 Å². The van der Waals surface area contributed by atoms with Crippen LogP contribution in [0.15, 0.2) is 0 Å². The van der Waals surface area contributed by atoms with Crippen LogP contribution in [0.3, 0.4) is 0 Å². The van der Waals surface area contributed by atoms with Gasteiger partial charge in [-0.3, -0.25) is 0 Å². The van der Waals surface area contributed by atoms with Crippen molar-refractivity contribution in [1.29, 1.82) is 0 Å². The largest absolute Gasteiger partial charge is 0.347 e. The van der Waals surface area contributed by atoms with Gasteiger partial charge in [0.15, 0.2) is 0 Å². The Hall–Kier alpha value is -1.39. The lowest BCUT2D eigenvalue weighted by atomic mass is 10.3. The van der Waals surface area contributed by atoms with Crippen molar-refractivity contribution in [2.45, 2.75) is 26.7 Å². The third-order valence-electron chi connectivity index (χ3n) is 2.31. The second-order valence-corrected chi connectivity index (χ2v) is 4.15. The van der Waals surface area contributed by atoms with E-state index in [4.69, 9.17) is 0 Å². The van der Waals surface area contributed by atoms with Crippen LogP contribution in [0.2, 0.25) is 0 Å². The number of nitrogens with zero attached hydrogens (tertiary/aromatic N) is 5. The quantitative estimate of drug-likeness (QED) is 0.756. The summed E-state index contributed by atoms with van der Waals surface area (Å²) < 4.78 is 0. The zero-order valence-corrected chi connectivity index (χ0v) is 10.9. The molecule has 90 valence electrons. The van der Waals surface area contributed by atoms with Gasteiger partial charge in [-0.1, -0.05) is 13.3 Å². The van der Waals surface area contributed by atoms with Crippen molar-refractivity contribution in [2.24, 2.45) is 0 Å². The van der Waals surface area contributed by atoms with Crippen molar-refractivity contribution >= 4 is 11.9 Å². The average molecular weight is 223 g/mol. The molecule has 0 aliphatic rings. The van der Waals surface area contributed by atoms with Gasteiger partial charge < -0.3 is 9.80 Å². The Morgan fingerprint density at radius 2 is 1.62 bits per heavy atom. The van der Waals surface area contributed by atoms with Crippen molar-refractivity contribution in [3.63, 3.8) is 0 Å². The predicted molar refractivity (Wildman–Crippen MR) is 67.1 cm³/mol. The van der Waals surface area contributed by atoms with E-state index in [0.717, 1.165) is 24.7 Å². The Morgan fingerprint density at radius 1 is 1.00 bits per heavy atom. The molecule has 0 atom stereocenters.